The number of benzene rings is 1. The molecule has 1 saturated heterocycles. The molecule has 8 nitrogen and oxygen atoms in total. The molecule has 0 unspecified atom stereocenters. The highest BCUT2D eigenvalue weighted by Gasteiger charge is 2.23. The van der Waals surface area contributed by atoms with E-state index in [1.807, 2.05) is 0 Å². The minimum absolute atomic E-state index is 0.0897. The first-order valence-electron chi connectivity index (χ1n) is 6.77. The predicted molar refractivity (Wildman–Crippen MR) is 84.6 cm³/mol. The Morgan fingerprint density at radius 1 is 1.17 bits per heavy atom. The van der Waals surface area contributed by atoms with Gasteiger partial charge in [-0.25, -0.2) is 0 Å². The van der Waals surface area contributed by atoms with Crippen LogP contribution in [0.3, 0.4) is 0 Å². The summed E-state index contributed by atoms with van der Waals surface area (Å²) in [6.07, 6.45) is 0. The molecule has 1 aliphatic heterocycles. The quantitative estimate of drug-likeness (QED) is 0.764. The normalized spacial score (nSPS) is 13.7. The summed E-state index contributed by atoms with van der Waals surface area (Å²) < 4.78 is 10.2. The molecule has 2 rings (SSSR count). The van der Waals surface area contributed by atoms with Crippen LogP contribution >= 0.6 is 11.8 Å². The lowest BCUT2D eigenvalue weighted by Gasteiger charge is -2.14. The summed E-state index contributed by atoms with van der Waals surface area (Å²) in [7, 11) is 2.95. The summed E-state index contributed by atoms with van der Waals surface area (Å²) in [4.78, 5) is 36.6. The lowest BCUT2D eigenvalue weighted by molar-refractivity contribution is -0.122. The second-order valence-corrected chi connectivity index (χ2v) is 5.69. The number of ether oxygens (including phenoxy) is 2. The highest BCUT2D eigenvalue weighted by atomic mass is 32.2. The van der Waals surface area contributed by atoms with Gasteiger partial charge in [-0.2, -0.15) is 0 Å². The summed E-state index contributed by atoms with van der Waals surface area (Å²) in [6, 6.07) is 4.67. The molecule has 1 heterocycles. The molecule has 1 aromatic rings. The average Bonchev–Trinajstić information content (AvgIpc) is 2.96. The maximum atomic E-state index is 12.1. The lowest BCUT2D eigenvalue weighted by atomic mass is 10.2. The minimum atomic E-state index is -0.516. The van der Waals surface area contributed by atoms with E-state index in [0.717, 1.165) is 0 Å². The van der Waals surface area contributed by atoms with Crippen molar-refractivity contribution in [1.82, 2.24) is 15.8 Å². The number of methoxy groups -OCH3 is 2. The molecule has 1 aliphatic rings. The molecular formula is C14H17N3O5S. The number of nitrogens with zero attached hydrogens (tertiary/aromatic N) is 1. The standard InChI is InChI=1S/C14H17N3O5S/c1-21-10-5-9(6-11(7-10)22-2)13(19)16-15-12(18)8-17-3-4-23-14(17)20/h5-7H,3-4,8H2,1-2H3,(H,15,18)(H,16,19). The molecule has 0 radical (unpaired) electrons. The first-order valence-corrected chi connectivity index (χ1v) is 7.76. The van der Waals surface area contributed by atoms with Crippen molar-refractivity contribution in [2.45, 2.75) is 0 Å². The van der Waals surface area contributed by atoms with Gasteiger partial charge in [-0.3, -0.25) is 25.2 Å². The number of hydrogen-bond donors (Lipinski definition) is 2. The maximum absolute atomic E-state index is 12.1. The van der Waals surface area contributed by atoms with Gasteiger partial charge in [0.05, 0.1) is 14.2 Å². The van der Waals surface area contributed by atoms with Crippen molar-refractivity contribution in [1.29, 1.82) is 0 Å². The van der Waals surface area contributed by atoms with Crippen molar-refractivity contribution in [3.63, 3.8) is 0 Å². The van der Waals surface area contributed by atoms with E-state index in [9.17, 15) is 14.4 Å². The van der Waals surface area contributed by atoms with Crippen LogP contribution in [0.1, 0.15) is 10.4 Å². The Morgan fingerprint density at radius 2 is 1.83 bits per heavy atom. The van der Waals surface area contributed by atoms with Crippen LogP contribution in [-0.2, 0) is 4.79 Å². The van der Waals surface area contributed by atoms with Crippen LogP contribution in [-0.4, -0.2) is 55.0 Å². The van der Waals surface area contributed by atoms with Gasteiger partial charge in [-0.1, -0.05) is 11.8 Å². The van der Waals surface area contributed by atoms with Crippen molar-refractivity contribution >= 4 is 28.8 Å². The molecule has 3 amide bonds. The number of carbonyl (C=O) groups excluding carboxylic acids is 3. The van der Waals surface area contributed by atoms with Gasteiger partial charge in [-0.15, -0.1) is 0 Å². The van der Waals surface area contributed by atoms with Crippen molar-refractivity contribution in [2.24, 2.45) is 0 Å². The zero-order valence-corrected chi connectivity index (χ0v) is 13.6. The van der Waals surface area contributed by atoms with Gasteiger partial charge < -0.3 is 14.4 Å². The van der Waals surface area contributed by atoms with E-state index in [4.69, 9.17) is 9.47 Å². The summed E-state index contributed by atoms with van der Waals surface area (Å²) in [6.45, 7) is 0.436. The Bertz CT molecular complexity index is 600. The molecule has 0 aliphatic carbocycles. The van der Waals surface area contributed by atoms with E-state index >= 15 is 0 Å². The number of thioether (sulfide) groups is 1. The summed E-state index contributed by atoms with van der Waals surface area (Å²) in [5, 5.41) is -0.135. The fourth-order valence-electron chi connectivity index (χ4n) is 1.92. The van der Waals surface area contributed by atoms with Crippen molar-refractivity contribution in [3.05, 3.63) is 23.8 Å². The Hall–Kier alpha value is -2.42. The fraction of sp³-hybridized carbons (Fsp3) is 0.357. The van der Waals surface area contributed by atoms with E-state index in [1.165, 1.54) is 43.0 Å². The van der Waals surface area contributed by atoms with Gasteiger partial charge in [0.25, 0.3) is 17.1 Å². The fourth-order valence-corrected chi connectivity index (χ4v) is 2.74. The van der Waals surface area contributed by atoms with Gasteiger partial charge in [0.1, 0.15) is 18.0 Å². The molecule has 1 fully saturated rings. The van der Waals surface area contributed by atoms with Crippen LogP contribution in [0.25, 0.3) is 0 Å². The number of carbonyl (C=O) groups is 3. The van der Waals surface area contributed by atoms with Crippen LogP contribution in [0.5, 0.6) is 11.5 Å². The van der Waals surface area contributed by atoms with Crippen LogP contribution in [0.4, 0.5) is 4.79 Å². The second-order valence-electron chi connectivity index (χ2n) is 4.64. The first-order chi connectivity index (χ1) is 11.0. The molecule has 0 saturated carbocycles. The largest absolute Gasteiger partial charge is 0.497 e. The molecular weight excluding hydrogens is 322 g/mol. The van der Waals surface area contributed by atoms with Crippen LogP contribution in [0.2, 0.25) is 0 Å². The lowest BCUT2D eigenvalue weighted by Crippen LogP contribution is -2.46. The van der Waals surface area contributed by atoms with Crippen LogP contribution in [0.15, 0.2) is 18.2 Å². The van der Waals surface area contributed by atoms with Gasteiger partial charge in [-0.05, 0) is 12.1 Å². The SMILES string of the molecule is COc1cc(OC)cc(C(=O)NNC(=O)CN2CCSC2=O)c1. The minimum Gasteiger partial charge on any atom is -0.497 e. The number of amides is 3. The van der Waals surface area contributed by atoms with Crippen LogP contribution < -0.4 is 20.3 Å². The summed E-state index contributed by atoms with van der Waals surface area (Å²) >= 11 is 1.17. The molecule has 2 N–H and O–H groups in total. The maximum Gasteiger partial charge on any atom is 0.282 e. The van der Waals surface area contributed by atoms with E-state index in [2.05, 4.69) is 10.9 Å². The molecule has 0 spiro atoms. The zero-order chi connectivity index (χ0) is 16.8. The van der Waals surface area contributed by atoms with E-state index in [-0.39, 0.29) is 17.3 Å². The molecule has 9 heteroatoms. The van der Waals surface area contributed by atoms with Crippen molar-refractivity contribution in [3.8, 4) is 11.5 Å². The number of nitrogens with one attached hydrogen (secondary N) is 2. The van der Waals surface area contributed by atoms with E-state index < -0.39 is 11.8 Å². The number of rotatable bonds is 5. The molecule has 23 heavy (non-hydrogen) atoms. The smallest absolute Gasteiger partial charge is 0.282 e. The Labute approximate surface area is 137 Å². The van der Waals surface area contributed by atoms with Gasteiger partial charge in [0, 0.05) is 23.9 Å². The zero-order valence-electron chi connectivity index (χ0n) is 12.8. The third-order valence-corrected chi connectivity index (χ3v) is 4.00. The first kappa shape index (κ1) is 16.9. The van der Waals surface area contributed by atoms with E-state index in [0.29, 0.717) is 23.8 Å². The summed E-state index contributed by atoms with van der Waals surface area (Å²) in [5.41, 5.74) is 4.85. The monoisotopic (exact) mass is 339 g/mol. The van der Waals surface area contributed by atoms with E-state index in [1.54, 1.807) is 6.07 Å². The van der Waals surface area contributed by atoms with Crippen LogP contribution in [0, 0.1) is 0 Å². The van der Waals surface area contributed by atoms with Gasteiger partial charge >= 0.3 is 0 Å². The number of hydrazine groups is 1. The Balaban J connectivity index is 1.91. The topological polar surface area (TPSA) is 97.0 Å². The third-order valence-electron chi connectivity index (χ3n) is 3.11. The Kier molecular flexibility index (Phi) is 5.69. The molecule has 0 bridgehead atoms. The molecule has 0 aromatic heterocycles. The highest BCUT2D eigenvalue weighted by Crippen LogP contribution is 2.22. The van der Waals surface area contributed by atoms with Gasteiger partial charge in [0.2, 0.25) is 0 Å². The highest BCUT2D eigenvalue weighted by molar-refractivity contribution is 8.13. The molecule has 124 valence electrons. The predicted octanol–water partition coefficient (Wildman–Crippen LogP) is 0.634. The van der Waals surface area contributed by atoms with Crippen molar-refractivity contribution in [2.75, 3.05) is 33.1 Å². The van der Waals surface area contributed by atoms with Gasteiger partial charge in [0.15, 0.2) is 0 Å². The molecule has 0 atom stereocenters. The Morgan fingerprint density at radius 3 is 2.35 bits per heavy atom. The third kappa shape index (κ3) is 4.52. The average molecular weight is 339 g/mol. The van der Waals surface area contributed by atoms with Crippen molar-refractivity contribution < 1.29 is 23.9 Å². The number of hydrogen-bond acceptors (Lipinski definition) is 6. The second kappa shape index (κ2) is 7.73. The molecule has 1 aromatic carbocycles. The summed E-state index contributed by atoms with van der Waals surface area (Å²) in [5.74, 6) is 0.602.